The van der Waals surface area contributed by atoms with Crippen LogP contribution in [0.3, 0.4) is 0 Å². The molecule has 1 aliphatic rings. The monoisotopic (exact) mass is 409 g/mol. The van der Waals surface area contributed by atoms with Crippen molar-refractivity contribution in [1.29, 1.82) is 0 Å². The van der Waals surface area contributed by atoms with Gasteiger partial charge in [0.1, 0.15) is 11.6 Å². The number of benzene rings is 2. The molecule has 154 valence electrons. The summed E-state index contributed by atoms with van der Waals surface area (Å²) in [7, 11) is 0. The van der Waals surface area contributed by atoms with Crippen LogP contribution >= 0.6 is 0 Å². The molecule has 2 aromatic carbocycles. The number of hydrogen-bond acceptors (Lipinski definition) is 6. The van der Waals surface area contributed by atoms with Gasteiger partial charge >= 0.3 is 0 Å². The van der Waals surface area contributed by atoms with Gasteiger partial charge in [-0.3, -0.25) is 4.79 Å². The van der Waals surface area contributed by atoms with Gasteiger partial charge in [-0.2, -0.15) is 4.98 Å². The number of amides is 1. The minimum atomic E-state index is -0.295. The van der Waals surface area contributed by atoms with Crippen molar-refractivity contribution in [2.24, 2.45) is 0 Å². The lowest BCUT2D eigenvalue weighted by Crippen LogP contribution is -2.43. The van der Waals surface area contributed by atoms with Crippen molar-refractivity contribution in [2.45, 2.75) is 0 Å². The van der Waals surface area contributed by atoms with E-state index in [1.807, 2.05) is 12.1 Å². The number of hydrogen-bond donors (Lipinski definition) is 0. The standard InChI is InChI=1S/C22H20FN3O4/c23-17-8-5-16(6-9-17)7-10-20-24-22(25-30-20)18-3-1-2-4-19(18)29-15-21(27)26-11-13-28-14-12-26/h1-10H,11-15H2. The van der Waals surface area contributed by atoms with E-state index >= 15 is 0 Å². The molecule has 4 rings (SSSR count). The summed E-state index contributed by atoms with van der Waals surface area (Å²) in [6, 6.07) is 13.3. The maximum atomic E-state index is 13.0. The Morgan fingerprint density at radius 3 is 2.67 bits per heavy atom. The van der Waals surface area contributed by atoms with E-state index < -0.39 is 0 Å². The second kappa shape index (κ2) is 9.32. The summed E-state index contributed by atoms with van der Waals surface area (Å²) >= 11 is 0. The maximum Gasteiger partial charge on any atom is 0.260 e. The highest BCUT2D eigenvalue weighted by Gasteiger charge is 2.19. The first-order valence-corrected chi connectivity index (χ1v) is 9.54. The smallest absolute Gasteiger partial charge is 0.260 e. The lowest BCUT2D eigenvalue weighted by atomic mass is 10.2. The van der Waals surface area contributed by atoms with Crippen molar-refractivity contribution in [2.75, 3.05) is 32.9 Å². The quantitative estimate of drug-likeness (QED) is 0.622. The van der Waals surface area contributed by atoms with Crippen LogP contribution < -0.4 is 4.74 Å². The van der Waals surface area contributed by atoms with Crippen LogP contribution in [0.1, 0.15) is 11.5 Å². The number of nitrogens with zero attached hydrogens (tertiary/aromatic N) is 3. The predicted molar refractivity (Wildman–Crippen MR) is 108 cm³/mol. The topological polar surface area (TPSA) is 77.7 Å². The Morgan fingerprint density at radius 1 is 1.10 bits per heavy atom. The summed E-state index contributed by atoms with van der Waals surface area (Å²) in [5, 5.41) is 4.00. The average Bonchev–Trinajstić information content (AvgIpc) is 3.27. The largest absolute Gasteiger partial charge is 0.483 e. The summed E-state index contributed by atoms with van der Waals surface area (Å²) in [6.45, 7) is 2.14. The molecule has 30 heavy (non-hydrogen) atoms. The Labute approximate surface area is 172 Å². The van der Waals surface area contributed by atoms with Gasteiger partial charge < -0.3 is 18.9 Å². The Morgan fingerprint density at radius 2 is 1.87 bits per heavy atom. The van der Waals surface area contributed by atoms with Gasteiger partial charge in [0.15, 0.2) is 6.61 Å². The molecular formula is C22H20FN3O4. The molecule has 3 aromatic rings. The van der Waals surface area contributed by atoms with Crippen molar-refractivity contribution >= 4 is 18.1 Å². The summed E-state index contributed by atoms with van der Waals surface area (Å²) in [5.41, 5.74) is 1.43. The minimum absolute atomic E-state index is 0.0772. The highest BCUT2D eigenvalue weighted by molar-refractivity contribution is 5.78. The number of carbonyl (C=O) groups is 1. The zero-order valence-electron chi connectivity index (χ0n) is 16.2. The third kappa shape index (κ3) is 4.90. The highest BCUT2D eigenvalue weighted by atomic mass is 19.1. The van der Waals surface area contributed by atoms with Gasteiger partial charge in [0, 0.05) is 19.2 Å². The number of halogens is 1. The Bertz CT molecular complexity index is 1030. The number of rotatable bonds is 6. The minimum Gasteiger partial charge on any atom is -0.483 e. The van der Waals surface area contributed by atoms with Gasteiger partial charge in [-0.15, -0.1) is 0 Å². The SMILES string of the molecule is O=C(COc1ccccc1-c1noc(C=Cc2ccc(F)cc2)n1)N1CCOCC1. The first-order chi connectivity index (χ1) is 14.7. The average molecular weight is 409 g/mol. The van der Waals surface area contributed by atoms with Gasteiger partial charge in [0.05, 0.1) is 18.8 Å². The molecular weight excluding hydrogens is 389 g/mol. The van der Waals surface area contributed by atoms with E-state index in [4.69, 9.17) is 14.0 Å². The molecule has 0 saturated carbocycles. The molecule has 0 spiro atoms. The molecule has 0 unspecified atom stereocenters. The van der Waals surface area contributed by atoms with Gasteiger partial charge in [-0.25, -0.2) is 4.39 Å². The van der Waals surface area contributed by atoms with Crippen molar-refractivity contribution < 1.29 is 23.2 Å². The van der Waals surface area contributed by atoms with E-state index in [1.54, 1.807) is 41.3 Å². The molecule has 0 atom stereocenters. The molecule has 0 aliphatic carbocycles. The van der Waals surface area contributed by atoms with Crippen LogP contribution in [0.2, 0.25) is 0 Å². The Balaban J connectivity index is 1.44. The van der Waals surface area contributed by atoms with E-state index in [0.29, 0.717) is 49.3 Å². The van der Waals surface area contributed by atoms with Crippen molar-refractivity contribution in [3.63, 3.8) is 0 Å². The van der Waals surface area contributed by atoms with Gasteiger partial charge in [-0.1, -0.05) is 29.4 Å². The Kier molecular flexibility index (Phi) is 6.14. The fraction of sp³-hybridized carbons (Fsp3) is 0.227. The number of para-hydroxylation sites is 1. The number of ether oxygens (including phenoxy) is 2. The van der Waals surface area contributed by atoms with Crippen LogP contribution in [0.4, 0.5) is 4.39 Å². The third-order valence-electron chi connectivity index (χ3n) is 4.57. The van der Waals surface area contributed by atoms with Crippen LogP contribution in [0.5, 0.6) is 5.75 Å². The number of morpholine rings is 1. The van der Waals surface area contributed by atoms with E-state index in [9.17, 15) is 9.18 Å². The lowest BCUT2D eigenvalue weighted by molar-refractivity contribution is -0.137. The normalized spacial score (nSPS) is 14.2. The molecule has 1 aromatic heterocycles. The first-order valence-electron chi connectivity index (χ1n) is 9.54. The van der Waals surface area contributed by atoms with E-state index in [2.05, 4.69) is 10.1 Å². The molecule has 0 radical (unpaired) electrons. The van der Waals surface area contributed by atoms with Crippen LogP contribution in [0, 0.1) is 5.82 Å². The zero-order valence-corrected chi connectivity index (χ0v) is 16.2. The predicted octanol–water partition coefficient (Wildman–Crippen LogP) is 3.28. The van der Waals surface area contributed by atoms with Crippen LogP contribution in [0.25, 0.3) is 23.5 Å². The van der Waals surface area contributed by atoms with E-state index in [1.165, 1.54) is 12.1 Å². The van der Waals surface area contributed by atoms with E-state index in [0.717, 1.165) is 5.56 Å². The van der Waals surface area contributed by atoms with Crippen molar-refractivity contribution in [3.05, 3.63) is 65.8 Å². The highest BCUT2D eigenvalue weighted by Crippen LogP contribution is 2.28. The van der Waals surface area contributed by atoms with Crippen molar-refractivity contribution in [3.8, 4) is 17.1 Å². The lowest BCUT2D eigenvalue weighted by Gasteiger charge is -2.26. The summed E-state index contributed by atoms with van der Waals surface area (Å²) < 4.78 is 29.3. The molecule has 0 bridgehead atoms. The van der Waals surface area contributed by atoms with Crippen LogP contribution in [-0.2, 0) is 9.53 Å². The third-order valence-corrected chi connectivity index (χ3v) is 4.57. The molecule has 1 amide bonds. The molecule has 0 N–H and O–H groups in total. The fourth-order valence-corrected chi connectivity index (χ4v) is 2.97. The van der Waals surface area contributed by atoms with Gasteiger partial charge in [0.25, 0.3) is 11.8 Å². The van der Waals surface area contributed by atoms with Gasteiger partial charge in [0.2, 0.25) is 5.82 Å². The van der Waals surface area contributed by atoms with Crippen LogP contribution in [-0.4, -0.2) is 53.9 Å². The number of carbonyl (C=O) groups excluding carboxylic acids is 1. The molecule has 1 aliphatic heterocycles. The number of aromatic nitrogens is 2. The summed E-state index contributed by atoms with van der Waals surface area (Å²) in [5.74, 6) is 0.755. The van der Waals surface area contributed by atoms with Crippen molar-refractivity contribution in [1.82, 2.24) is 15.0 Å². The molecule has 7 nitrogen and oxygen atoms in total. The fourth-order valence-electron chi connectivity index (χ4n) is 2.97. The zero-order chi connectivity index (χ0) is 20.8. The Hall–Kier alpha value is -3.52. The molecule has 1 saturated heterocycles. The first kappa shape index (κ1) is 19.8. The molecule has 2 heterocycles. The maximum absolute atomic E-state index is 13.0. The van der Waals surface area contributed by atoms with Gasteiger partial charge in [-0.05, 0) is 35.9 Å². The second-order valence-corrected chi connectivity index (χ2v) is 6.62. The molecule has 1 fully saturated rings. The molecule has 8 heteroatoms. The van der Waals surface area contributed by atoms with E-state index in [-0.39, 0.29) is 18.3 Å². The summed E-state index contributed by atoms with van der Waals surface area (Å²) in [4.78, 5) is 18.4. The summed E-state index contributed by atoms with van der Waals surface area (Å²) in [6.07, 6.45) is 3.40. The van der Waals surface area contributed by atoms with Crippen LogP contribution in [0.15, 0.2) is 53.1 Å². The second-order valence-electron chi connectivity index (χ2n) is 6.62.